The van der Waals surface area contributed by atoms with Gasteiger partial charge in [0.05, 0.1) is 24.0 Å². The molecular formula is C17H22N4O2S. The van der Waals surface area contributed by atoms with E-state index >= 15 is 0 Å². The van der Waals surface area contributed by atoms with Gasteiger partial charge < -0.3 is 15.0 Å². The van der Waals surface area contributed by atoms with E-state index in [-0.39, 0.29) is 12.0 Å². The summed E-state index contributed by atoms with van der Waals surface area (Å²) in [7, 11) is 1.81. The van der Waals surface area contributed by atoms with Crippen molar-refractivity contribution in [2.24, 2.45) is 0 Å². The quantitative estimate of drug-likeness (QED) is 0.871. The molecule has 3 rings (SSSR count). The number of carbonyl (C=O) groups excluding carboxylic acids is 1. The third-order valence-electron chi connectivity index (χ3n) is 4.02. The second-order valence-electron chi connectivity index (χ2n) is 5.83. The minimum absolute atomic E-state index is 0.00680. The Kier molecular flexibility index (Phi) is 5.42. The summed E-state index contributed by atoms with van der Waals surface area (Å²) in [6.07, 6.45) is 3.91. The monoisotopic (exact) mass is 346 g/mol. The highest BCUT2D eigenvalue weighted by Crippen LogP contribution is 2.25. The van der Waals surface area contributed by atoms with Gasteiger partial charge >= 0.3 is 0 Å². The van der Waals surface area contributed by atoms with E-state index in [0.29, 0.717) is 18.0 Å². The maximum atomic E-state index is 13.1. The number of anilines is 1. The third-order valence-corrected chi connectivity index (χ3v) is 5.18. The van der Waals surface area contributed by atoms with Gasteiger partial charge in [0.1, 0.15) is 4.88 Å². The normalized spacial score (nSPS) is 17.0. The summed E-state index contributed by atoms with van der Waals surface area (Å²) < 4.78 is 5.72. The zero-order chi connectivity index (χ0) is 16.9. The molecule has 2 aromatic rings. The highest BCUT2D eigenvalue weighted by Gasteiger charge is 2.26. The molecule has 0 radical (unpaired) electrons. The topological polar surface area (TPSA) is 67.4 Å². The maximum absolute atomic E-state index is 13.1. The van der Waals surface area contributed by atoms with E-state index in [1.807, 2.05) is 37.1 Å². The van der Waals surface area contributed by atoms with Crippen molar-refractivity contribution in [2.45, 2.75) is 32.4 Å². The van der Waals surface area contributed by atoms with Crippen LogP contribution in [0.25, 0.3) is 0 Å². The number of thiazole rings is 1. The molecule has 128 valence electrons. The van der Waals surface area contributed by atoms with Crippen LogP contribution in [0.4, 0.5) is 5.13 Å². The van der Waals surface area contributed by atoms with Crippen molar-refractivity contribution in [3.05, 3.63) is 40.7 Å². The van der Waals surface area contributed by atoms with E-state index in [9.17, 15) is 4.79 Å². The largest absolute Gasteiger partial charge is 0.376 e. The fraction of sp³-hybridized carbons (Fsp3) is 0.471. The Hall–Kier alpha value is -1.99. The Balaban J connectivity index is 1.81. The van der Waals surface area contributed by atoms with Gasteiger partial charge in [-0.1, -0.05) is 17.4 Å². The second kappa shape index (κ2) is 7.72. The summed E-state index contributed by atoms with van der Waals surface area (Å²) in [5.74, 6) is -0.00680. The van der Waals surface area contributed by atoms with E-state index < -0.39 is 0 Å². The van der Waals surface area contributed by atoms with Gasteiger partial charge in [-0.25, -0.2) is 4.98 Å². The first-order valence-corrected chi connectivity index (χ1v) is 8.95. The van der Waals surface area contributed by atoms with Crippen molar-refractivity contribution in [1.29, 1.82) is 0 Å². The average molecular weight is 346 g/mol. The number of aromatic nitrogens is 2. The minimum atomic E-state index is -0.00680. The SMILES string of the molecule is CNc1nc(C)c(C(=O)N(Cc2ccccn2)CC2CCCO2)s1. The molecule has 7 heteroatoms. The van der Waals surface area contributed by atoms with Crippen molar-refractivity contribution >= 4 is 22.4 Å². The number of pyridine rings is 1. The van der Waals surface area contributed by atoms with Crippen LogP contribution in [0.1, 0.15) is 33.9 Å². The van der Waals surface area contributed by atoms with Gasteiger partial charge in [0, 0.05) is 26.4 Å². The van der Waals surface area contributed by atoms with Crippen molar-refractivity contribution in [1.82, 2.24) is 14.9 Å². The number of hydrogen-bond acceptors (Lipinski definition) is 6. The Morgan fingerprint density at radius 3 is 3.00 bits per heavy atom. The van der Waals surface area contributed by atoms with Gasteiger partial charge in [-0.15, -0.1) is 0 Å². The van der Waals surface area contributed by atoms with Crippen LogP contribution < -0.4 is 5.32 Å². The van der Waals surface area contributed by atoms with Gasteiger partial charge in [0.2, 0.25) is 0 Å². The third kappa shape index (κ3) is 3.91. The van der Waals surface area contributed by atoms with E-state index in [4.69, 9.17) is 4.74 Å². The molecule has 1 unspecified atom stereocenters. The van der Waals surface area contributed by atoms with Crippen molar-refractivity contribution < 1.29 is 9.53 Å². The van der Waals surface area contributed by atoms with Gasteiger partial charge in [0.25, 0.3) is 5.91 Å². The number of nitrogens with zero attached hydrogens (tertiary/aromatic N) is 3. The number of ether oxygens (including phenoxy) is 1. The van der Waals surface area contributed by atoms with Crippen LogP contribution in [-0.4, -0.2) is 47.1 Å². The highest BCUT2D eigenvalue weighted by molar-refractivity contribution is 7.17. The fourth-order valence-electron chi connectivity index (χ4n) is 2.79. The van der Waals surface area contributed by atoms with Crippen LogP contribution in [-0.2, 0) is 11.3 Å². The van der Waals surface area contributed by atoms with Crippen molar-refractivity contribution in [2.75, 3.05) is 25.5 Å². The van der Waals surface area contributed by atoms with Gasteiger partial charge in [-0.2, -0.15) is 0 Å². The van der Waals surface area contributed by atoms with Crippen LogP contribution in [0.3, 0.4) is 0 Å². The van der Waals surface area contributed by atoms with Gasteiger partial charge in [-0.05, 0) is 31.9 Å². The standard InChI is InChI=1S/C17H22N4O2S/c1-12-15(24-17(18-2)20-12)16(22)21(11-14-7-5-9-23-14)10-13-6-3-4-8-19-13/h3-4,6,8,14H,5,7,9-11H2,1-2H3,(H,18,20). The molecule has 1 atom stereocenters. The molecule has 2 aromatic heterocycles. The van der Waals surface area contributed by atoms with Crippen LogP contribution in [0, 0.1) is 6.92 Å². The Labute approximate surface area is 145 Å². The number of nitrogens with one attached hydrogen (secondary N) is 1. The summed E-state index contributed by atoms with van der Waals surface area (Å²) in [5.41, 5.74) is 1.63. The molecule has 6 nitrogen and oxygen atoms in total. The van der Waals surface area contributed by atoms with E-state index in [2.05, 4.69) is 15.3 Å². The molecule has 0 aromatic carbocycles. The summed E-state index contributed by atoms with van der Waals surface area (Å²) in [6, 6.07) is 5.75. The molecule has 0 saturated carbocycles. The molecular weight excluding hydrogens is 324 g/mol. The van der Waals surface area contributed by atoms with E-state index in [0.717, 1.165) is 36.0 Å². The van der Waals surface area contributed by atoms with E-state index in [1.165, 1.54) is 11.3 Å². The average Bonchev–Trinajstić information content (AvgIpc) is 3.24. The molecule has 1 N–H and O–H groups in total. The zero-order valence-corrected chi connectivity index (χ0v) is 14.8. The first-order valence-electron chi connectivity index (χ1n) is 8.13. The van der Waals surface area contributed by atoms with Crippen molar-refractivity contribution in [3.63, 3.8) is 0 Å². The summed E-state index contributed by atoms with van der Waals surface area (Å²) in [5, 5.41) is 3.76. The summed E-state index contributed by atoms with van der Waals surface area (Å²) in [4.78, 5) is 24.3. The van der Waals surface area contributed by atoms with Gasteiger partial charge in [0.15, 0.2) is 5.13 Å². The number of rotatable bonds is 6. The molecule has 0 spiro atoms. The first-order chi connectivity index (χ1) is 11.7. The van der Waals surface area contributed by atoms with Crippen LogP contribution in [0.2, 0.25) is 0 Å². The second-order valence-corrected chi connectivity index (χ2v) is 6.82. The molecule has 1 aliphatic heterocycles. The van der Waals surface area contributed by atoms with Crippen LogP contribution in [0.15, 0.2) is 24.4 Å². The Morgan fingerprint density at radius 2 is 2.38 bits per heavy atom. The highest BCUT2D eigenvalue weighted by atomic mass is 32.1. The molecule has 0 bridgehead atoms. The predicted octanol–water partition coefficient (Wildman–Crippen LogP) is 2.71. The molecule has 0 aliphatic carbocycles. The molecule has 24 heavy (non-hydrogen) atoms. The fourth-order valence-corrected chi connectivity index (χ4v) is 3.67. The Morgan fingerprint density at radius 1 is 1.50 bits per heavy atom. The lowest BCUT2D eigenvalue weighted by atomic mass is 10.2. The number of hydrogen-bond donors (Lipinski definition) is 1. The lowest BCUT2D eigenvalue weighted by Gasteiger charge is -2.25. The predicted molar refractivity (Wildman–Crippen MR) is 94.3 cm³/mol. The molecule has 1 amide bonds. The van der Waals surface area contributed by atoms with Crippen LogP contribution >= 0.6 is 11.3 Å². The summed E-state index contributed by atoms with van der Waals surface area (Å²) >= 11 is 1.39. The summed E-state index contributed by atoms with van der Waals surface area (Å²) in [6.45, 7) is 3.71. The Bertz CT molecular complexity index is 683. The number of amides is 1. The zero-order valence-electron chi connectivity index (χ0n) is 14.0. The minimum Gasteiger partial charge on any atom is -0.376 e. The number of carbonyl (C=O) groups is 1. The van der Waals surface area contributed by atoms with Gasteiger partial charge in [-0.3, -0.25) is 9.78 Å². The maximum Gasteiger partial charge on any atom is 0.266 e. The number of aryl methyl sites for hydroxylation is 1. The molecule has 1 saturated heterocycles. The molecule has 1 aliphatic rings. The van der Waals surface area contributed by atoms with Crippen LogP contribution in [0.5, 0.6) is 0 Å². The first kappa shape index (κ1) is 16.9. The van der Waals surface area contributed by atoms with Crippen molar-refractivity contribution in [3.8, 4) is 0 Å². The van der Waals surface area contributed by atoms with E-state index in [1.54, 1.807) is 6.20 Å². The lowest BCUT2D eigenvalue weighted by molar-refractivity contribution is 0.0507. The smallest absolute Gasteiger partial charge is 0.266 e. The molecule has 3 heterocycles. The lowest BCUT2D eigenvalue weighted by Crippen LogP contribution is -2.37. The molecule has 1 fully saturated rings.